The van der Waals surface area contributed by atoms with Gasteiger partial charge in [0.05, 0.1) is 6.10 Å². The Morgan fingerprint density at radius 2 is 1.87 bits per heavy atom. The number of ether oxygens (including phenoxy) is 1. The Morgan fingerprint density at radius 3 is 2.39 bits per heavy atom. The lowest BCUT2D eigenvalue weighted by atomic mass is 10.0. The summed E-state index contributed by atoms with van der Waals surface area (Å²) in [6.07, 6.45) is -2.09. The number of allylic oxidation sites excluding steroid dienone is 1. The molecule has 0 saturated carbocycles. The Bertz CT molecular complexity index is 432. The van der Waals surface area contributed by atoms with Crippen molar-refractivity contribution >= 4 is 0 Å². The van der Waals surface area contributed by atoms with Gasteiger partial charge in [-0.3, -0.25) is 4.90 Å². The Kier molecular flexibility index (Phi) is 7.70. The second-order valence-corrected chi connectivity index (χ2v) is 5.94. The van der Waals surface area contributed by atoms with Crippen molar-refractivity contribution in [2.45, 2.75) is 51.7 Å². The lowest BCUT2D eigenvalue weighted by molar-refractivity contribution is -0.180. The topological polar surface area (TPSA) is 38.5 Å². The van der Waals surface area contributed by atoms with Crippen molar-refractivity contribution in [3.05, 3.63) is 23.3 Å². The molecule has 23 heavy (non-hydrogen) atoms. The average molecular weight is 338 g/mol. The molecule has 0 aliphatic carbocycles. The molecule has 1 aliphatic heterocycles. The van der Waals surface area contributed by atoms with Crippen molar-refractivity contribution in [1.29, 1.82) is 0 Å². The van der Waals surface area contributed by atoms with Crippen LogP contribution in [-0.2, 0) is 4.74 Å². The first-order valence-electron chi connectivity index (χ1n) is 7.79. The molecular weight excluding hydrogens is 312 g/mol. The highest BCUT2D eigenvalue weighted by Gasteiger charge is 2.32. The quantitative estimate of drug-likeness (QED) is 0.545. The van der Waals surface area contributed by atoms with Gasteiger partial charge in [-0.25, -0.2) is 4.39 Å². The zero-order valence-electron chi connectivity index (χ0n) is 13.9. The molecule has 0 aromatic carbocycles. The molecule has 3 unspecified atom stereocenters. The molecule has 3 nitrogen and oxygen atoms in total. The van der Waals surface area contributed by atoms with Gasteiger partial charge in [-0.1, -0.05) is 17.7 Å². The van der Waals surface area contributed by atoms with Crippen LogP contribution >= 0.6 is 0 Å². The van der Waals surface area contributed by atoms with Gasteiger partial charge < -0.3 is 10.5 Å². The van der Waals surface area contributed by atoms with E-state index >= 15 is 0 Å². The van der Waals surface area contributed by atoms with Gasteiger partial charge in [0.15, 0.2) is 0 Å². The fourth-order valence-corrected chi connectivity index (χ4v) is 2.61. The van der Waals surface area contributed by atoms with Crippen LogP contribution in [0, 0.1) is 0 Å². The van der Waals surface area contributed by atoms with Crippen LogP contribution in [0.25, 0.3) is 0 Å². The van der Waals surface area contributed by atoms with E-state index in [-0.39, 0.29) is 6.04 Å². The largest absolute Gasteiger partial charge is 0.411 e. The molecule has 134 valence electrons. The van der Waals surface area contributed by atoms with Crippen molar-refractivity contribution in [3.63, 3.8) is 0 Å². The van der Waals surface area contributed by atoms with Gasteiger partial charge in [0.1, 0.15) is 12.8 Å². The summed E-state index contributed by atoms with van der Waals surface area (Å²) in [6.45, 7) is 5.32. The van der Waals surface area contributed by atoms with Crippen molar-refractivity contribution in [3.8, 4) is 0 Å². The van der Waals surface area contributed by atoms with Crippen molar-refractivity contribution < 1.29 is 22.3 Å². The zero-order chi connectivity index (χ0) is 17.6. The third-order valence-corrected chi connectivity index (χ3v) is 3.89. The minimum absolute atomic E-state index is 0.00621. The maximum absolute atomic E-state index is 12.9. The molecule has 0 spiro atoms. The molecule has 0 aromatic rings. The minimum Gasteiger partial charge on any atom is -0.365 e. The van der Waals surface area contributed by atoms with Gasteiger partial charge in [0, 0.05) is 19.1 Å². The van der Waals surface area contributed by atoms with Crippen molar-refractivity contribution in [2.24, 2.45) is 5.73 Å². The first-order chi connectivity index (χ1) is 10.6. The molecule has 0 radical (unpaired) electrons. The van der Waals surface area contributed by atoms with E-state index < -0.39 is 25.1 Å². The van der Waals surface area contributed by atoms with Crippen LogP contribution in [-0.4, -0.2) is 55.6 Å². The normalized spacial score (nSPS) is 21.2. The van der Waals surface area contributed by atoms with Gasteiger partial charge >= 0.3 is 6.18 Å². The van der Waals surface area contributed by atoms with Crippen LogP contribution in [0.15, 0.2) is 23.3 Å². The Hall–Kier alpha value is -0.920. The monoisotopic (exact) mass is 338 g/mol. The van der Waals surface area contributed by atoms with Gasteiger partial charge in [0.25, 0.3) is 0 Å². The van der Waals surface area contributed by atoms with Gasteiger partial charge in [-0.05, 0) is 39.3 Å². The van der Waals surface area contributed by atoms with E-state index in [4.69, 9.17) is 10.5 Å². The Labute approximate surface area is 135 Å². The highest BCUT2D eigenvalue weighted by Crippen LogP contribution is 2.27. The van der Waals surface area contributed by atoms with Gasteiger partial charge in [0.2, 0.25) is 0 Å². The molecule has 1 heterocycles. The molecular formula is C16H26F4N2O. The minimum atomic E-state index is -4.34. The van der Waals surface area contributed by atoms with Crippen molar-refractivity contribution in [1.82, 2.24) is 4.90 Å². The van der Waals surface area contributed by atoms with E-state index in [1.54, 1.807) is 13.0 Å². The van der Waals surface area contributed by atoms with E-state index in [9.17, 15) is 17.6 Å². The van der Waals surface area contributed by atoms with E-state index in [0.29, 0.717) is 26.1 Å². The highest BCUT2D eigenvalue weighted by molar-refractivity contribution is 5.27. The molecule has 2 N–H and O–H groups in total. The summed E-state index contributed by atoms with van der Waals surface area (Å²) in [5.74, 6) is 0. The molecule has 0 amide bonds. The summed E-state index contributed by atoms with van der Waals surface area (Å²) in [5, 5.41) is 0. The number of nitrogens with zero attached hydrogens (tertiary/aromatic N) is 1. The molecule has 0 saturated heterocycles. The van der Waals surface area contributed by atoms with Gasteiger partial charge in [-0.15, -0.1) is 0 Å². The van der Waals surface area contributed by atoms with Crippen LogP contribution in [0.1, 0.15) is 27.2 Å². The third-order valence-electron chi connectivity index (χ3n) is 3.89. The fourth-order valence-electron chi connectivity index (χ4n) is 2.61. The molecule has 0 fully saturated rings. The Morgan fingerprint density at radius 1 is 1.22 bits per heavy atom. The van der Waals surface area contributed by atoms with Crippen LogP contribution in [0.5, 0.6) is 0 Å². The van der Waals surface area contributed by atoms with Crippen LogP contribution in [0.3, 0.4) is 0 Å². The first kappa shape index (κ1) is 20.1. The predicted molar refractivity (Wildman–Crippen MR) is 82.9 cm³/mol. The average Bonchev–Trinajstić information content (AvgIpc) is 2.86. The first-order valence-corrected chi connectivity index (χ1v) is 7.79. The van der Waals surface area contributed by atoms with Crippen LogP contribution in [0.2, 0.25) is 0 Å². The molecule has 0 bridgehead atoms. The molecule has 1 aliphatic rings. The maximum Gasteiger partial charge on any atom is 0.411 e. The fraction of sp³-hybridized carbons (Fsp3) is 0.750. The van der Waals surface area contributed by atoms with E-state index in [1.165, 1.54) is 13.0 Å². The number of alkyl halides is 4. The summed E-state index contributed by atoms with van der Waals surface area (Å²) in [5.41, 5.74) is 7.48. The van der Waals surface area contributed by atoms with E-state index in [1.807, 2.05) is 6.92 Å². The Balaban J connectivity index is 2.72. The standard InChI is InChI=1S/C16H26F4N2O/c1-11(17)4-5-12(2)22-8-14(6-7-21)15(9-22)13(3)23-10-16(18,19)20/h4-5,11-13H,6-10,21H2,1-3H3/b5-4-. The van der Waals surface area contributed by atoms with Gasteiger partial charge in [-0.2, -0.15) is 13.2 Å². The number of hydrogen-bond donors (Lipinski definition) is 1. The second kappa shape index (κ2) is 8.80. The smallest absolute Gasteiger partial charge is 0.365 e. The number of halogens is 4. The predicted octanol–water partition coefficient (Wildman–Crippen LogP) is 3.22. The SMILES string of the molecule is CC(F)/C=C\C(C)N1CC(CCN)=C(C(C)OCC(F)(F)F)C1. The highest BCUT2D eigenvalue weighted by atomic mass is 19.4. The number of nitrogens with two attached hydrogens (primary N) is 1. The molecule has 1 rings (SSSR count). The number of rotatable bonds is 8. The van der Waals surface area contributed by atoms with E-state index in [2.05, 4.69) is 4.90 Å². The maximum atomic E-state index is 12.9. The molecule has 3 atom stereocenters. The lowest BCUT2D eigenvalue weighted by Crippen LogP contribution is -2.32. The summed E-state index contributed by atoms with van der Waals surface area (Å²) >= 11 is 0. The van der Waals surface area contributed by atoms with Crippen molar-refractivity contribution in [2.75, 3.05) is 26.2 Å². The third kappa shape index (κ3) is 7.01. The van der Waals surface area contributed by atoms with Crippen LogP contribution in [0.4, 0.5) is 17.6 Å². The summed E-state index contributed by atoms with van der Waals surface area (Å²) in [7, 11) is 0. The lowest BCUT2D eigenvalue weighted by Gasteiger charge is -2.23. The number of hydrogen-bond acceptors (Lipinski definition) is 3. The second-order valence-electron chi connectivity index (χ2n) is 5.94. The van der Waals surface area contributed by atoms with Crippen LogP contribution < -0.4 is 5.73 Å². The summed E-state index contributed by atoms with van der Waals surface area (Å²) in [6, 6.07) is -0.00621. The summed E-state index contributed by atoms with van der Waals surface area (Å²) < 4.78 is 54.8. The molecule has 7 heteroatoms. The summed E-state index contributed by atoms with van der Waals surface area (Å²) in [4.78, 5) is 2.08. The van der Waals surface area contributed by atoms with E-state index in [0.717, 1.165) is 11.1 Å². The molecule has 0 aromatic heterocycles. The zero-order valence-corrected chi connectivity index (χ0v) is 13.9.